The molecule has 7 nitrogen and oxygen atoms in total. The summed E-state index contributed by atoms with van der Waals surface area (Å²) in [6, 6.07) is 12.8. The van der Waals surface area contributed by atoms with Crippen molar-refractivity contribution in [3.05, 3.63) is 94.2 Å². The molecule has 1 aliphatic heterocycles. The van der Waals surface area contributed by atoms with Crippen LogP contribution >= 0.6 is 0 Å². The number of aromatic carboxylic acids is 1. The zero-order valence-corrected chi connectivity index (χ0v) is 19.8. The van der Waals surface area contributed by atoms with Crippen LogP contribution in [-0.4, -0.2) is 39.8 Å². The largest absolute Gasteiger partial charge is 0.477 e. The van der Waals surface area contributed by atoms with Crippen LogP contribution in [0.4, 0.5) is 23.2 Å². The molecule has 0 radical (unpaired) electrons. The molecule has 196 valence electrons. The van der Waals surface area contributed by atoms with Gasteiger partial charge in [-0.2, -0.15) is 13.2 Å². The van der Waals surface area contributed by atoms with Gasteiger partial charge in [-0.15, -0.1) is 0 Å². The van der Waals surface area contributed by atoms with E-state index in [1.165, 1.54) is 29.1 Å². The highest BCUT2D eigenvalue weighted by atomic mass is 19.4. The minimum Gasteiger partial charge on any atom is -0.477 e. The number of ether oxygens (including phenoxy) is 1. The molecule has 1 aliphatic rings. The molecule has 1 atom stereocenters. The molecule has 0 unspecified atom stereocenters. The van der Waals surface area contributed by atoms with Crippen LogP contribution in [0, 0.1) is 5.82 Å². The molecule has 1 N–H and O–H groups in total. The van der Waals surface area contributed by atoms with Gasteiger partial charge in [0.15, 0.2) is 0 Å². The lowest BCUT2D eigenvalue weighted by molar-refractivity contribution is -0.139. The number of hydrogen-bond donors (Lipinski definition) is 1. The molecule has 1 fully saturated rings. The van der Waals surface area contributed by atoms with Crippen LogP contribution in [0.1, 0.15) is 28.8 Å². The van der Waals surface area contributed by atoms with E-state index in [1.807, 2.05) is 0 Å². The van der Waals surface area contributed by atoms with Gasteiger partial charge in [0.1, 0.15) is 23.6 Å². The minimum absolute atomic E-state index is 0.106. The summed E-state index contributed by atoms with van der Waals surface area (Å²) in [5.41, 5.74) is -1.33. The average Bonchev–Trinajstić information content (AvgIpc) is 3.36. The summed E-state index contributed by atoms with van der Waals surface area (Å²) in [6.45, 7) is 0.245. The van der Waals surface area contributed by atoms with Gasteiger partial charge < -0.3 is 19.3 Å². The average molecular weight is 527 g/mol. The zero-order valence-electron chi connectivity index (χ0n) is 19.8. The van der Waals surface area contributed by atoms with Crippen LogP contribution in [0.5, 0.6) is 5.88 Å². The fourth-order valence-electron chi connectivity index (χ4n) is 4.73. The number of fused-ring (bicyclic) bond motifs is 1. The number of halogens is 4. The molecular formula is C27H21F4N3O4. The van der Waals surface area contributed by atoms with Crippen LogP contribution < -0.4 is 15.1 Å². The van der Waals surface area contributed by atoms with Crippen molar-refractivity contribution in [2.45, 2.75) is 25.1 Å². The van der Waals surface area contributed by atoms with Gasteiger partial charge in [-0.3, -0.25) is 4.79 Å². The molecule has 0 aliphatic carbocycles. The number of benzene rings is 2. The smallest absolute Gasteiger partial charge is 0.421 e. The predicted octanol–water partition coefficient (Wildman–Crippen LogP) is 5.29. The summed E-state index contributed by atoms with van der Waals surface area (Å²) in [4.78, 5) is 30.0. The number of alkyl halides is 3. The van der Waals surface area contributed by atoms with Crippen molar-refractivity contribution in [2.24, 2.45) is 0 Å². The maximum absolute atomic E-state index is 15.4. The summed E-state index contributed by atoms with van der Waals surface area (Å²) < 4.78 is 62.4. The van der Waals surface area contributed by atoms with Crippen molar-refractivity contribution in [1.29, 1.82) is 0 Å². The molecule has 2 aromatic carbocycles. The van der Waals surface area contributed by atoms with Gasteiger partial charge in [-0.1, -0.05) is 18.2 Å². The number of carboxylic acid groups (broad SMARTS) is 1. The van der Waals surface area contributed by atoms with E-state index in [0.717, 1.165) is 12.1 Å². The Kier molecular flexibility index (Phi) is 6.52. The molecule has 2 aromatic heterocycles. The Labute approximate surface area is 213 Å². The number of aromatic nitrogens is 2. The number of anilines is 1. The molecule has 5 rings (SSSR count). The van der Waals surface area contributed by atoms with Crippen LogP contribution in [-0.2, 0) is 6.18 Å². The monoisotopic (exact) mass is 527 g/mol. The van der Waals surface area contributed by atoms with Crippen molar-refractivity contribution >= 4 is 22.6 Å². The zero-order chi connectivity index (χ0) is 27.0. The first kappa shape index (κ1) is 25.2. The fourth-order valence-corrected chi connectivity index (χ4v) is 4.73. The van der Waals surface area contributed by atoms with Gasteiger partial charge in [0, 0.05) is 30.0 Å². The lowest BCUT2D eigenvalue weighted by Gasteiger charge is -2.28. The SMILES string of the molecule is O=C(O)c1cn(-c2ccccc2)c2cc(N3CCC[C@@H]3COc3ncccc3C(F)(F)F)c(F)cc2c1=O. The predicted molar refractivity (Wildman–Crippen MR) is 132 cm³/mol. The van der Waals surface area contributed by atoms with E-state index in [0.29, 0.717) is 30.6 Å². The second-order valence-corrected chi connectivity index (χ2v) is 8.86. The van der Waals surface area contributed by atoms with E-state index in [1.54, 1.807) is 35.2 Å². The van der Waals surface area contributed by atoms with Gasteiger partial charge in [0.05, 0.1) is 17.2 Å². The number of pyridine rings is 2. The summed E-state index contributed by atoms with van der Waals surface area (Å²) in [5.74, 6) is -2.74. The maximum atomic E-state index is 15.4. The van der Waals surface area contributed by atoms with Gasteiger partial charge in [-0.25, -0.2) is 14.2 Å². The molecule has 0 saturated carbocycles. The van der Waals surface area contributed by atoms with Gasteiger partial charge in [0.2, 0.25) is 11.3 Å². The van der Waals surface area contributed by atoms with Crippen LogP contribution in [0.3, 0.4) is 0 Å². The topological polar surface area (TPSA) is 84.7 Å². The molecule has 4 aromatic rings. The van der Waals surface area contributed by atoms with E-state index in [9.17, 15) is 27.9 Å². The lowest BCUT2D eigenvalue weighted by atomic mass is 10.1. The third kappa shape index (κ3) is 4.67. The number of nitrogens with zero attached hydrogens (tertiary/aromatic N) is 3. The summed E-state index contributed by atoms with van der Waals surface area (Å²) in [6.07, 6.45) is -1.06. The first-order chi connectivity index (χ1) is 18.1. The Bertz CT molecular complexity index is 1570. The van der Waals surface area contributed by atoms with Gasteiger partial charge in [0.25, 0.3) is 0 Å². The fraction of sp³-hybridized carbons (Fsp3) is 0.222. The highest BCUT2D eigenvalue weighted by Gasteiger charge is 2.36. The molecule has 0 amide bonds. The first-order valence-electron chi connectivity index (χ1n) is 11.7. The maximum Gasteiger partial charge on any atom is 0.421 e. The highest BCUT2D eigenvalue weighted by Crippen LogP contribution is 2.36. The normalized spacial score (nSPS) is 15.7. The summed E-state index contributed by atoms with van der Waals surface area (Å²) in [7, 11) is 0. The van der Waals surface area contributed by atoms with Crippen LogP contribution in [0.2, 0.25) is 0 Å². The second-order valence-electron chi connectivity index (χ2n) is 8.86. The number of carboxylic acids is 1. The van der Waals surface area contributed by atoms with E-state index in [-0.39, 0.29) is 17.7 Å². The highest BCUT2D eigenvalue weighted by molar-refractivity contribution is 5.94. The molecular weight excluding hydrogens is 506 g/mol. The number of rotatable bonds is 6. The second kappa shape index (κ2) is 9.81. The van der Waals surface area contributed by atoms with Gasteiger partial charge in [-0.05, 0) is 49.2 Å². The van der Waals surface area contributed by atoms with E-state index >= 15 is 4.39 Å². The molecule has 1 saturated heterocycles. The Morgan fingerprint density at radius 3 is 2.61 bits per heavy atom. The van der Waals surface area contributed by atoms with Gasteiger partial charge >= 0.3 is 12.1 Å². The van der Waals surface area contributed by atoms with Crippen LogP contribution in [0.25, 0.3) is 16.6 Å². The Hall–Kier alpha value is -4.41. The molecule has 38 heavy (non-hydrogen) atoms. The molecule has 0 spiro atoms. The summed E-state index contributed by atoms with van der Waals surface area (Å²) >= 11 is 0. The molecule has 3 heterocycles. The Morgan fingerprint density at radius 1 is 1.13 bits per heavy atom. The van der Waals surface area contributed by atoms with Crippen molar-refractivity contribution in [1.82, 2.24) is 9.55 Å². The number of hydrogen-bond acceptors (Lipinski definition) is 5. The standard InChI is InChI=1S/C27H21F4N3O4/c28-21-12-18-22(34(16-6-2-1-3-7-16)14-19(24(18)35)26(36)37)13-23(21)33-11-5-8-17(33)15-38-25-20(27(29,30)31)9-4-10-32-25/h1-4,6-7,9-10,12-14,17H,5,8,11,15H2,(H,36,37)/t17-/m1/s1. The van der Waals surface area contributed by atoms with E-state index in [4.69, 9.17) is 4.74 Å². The third-order valence-corrected chi connectivity index (χ3v) is 6.51. The molecule has 11 heteroatoms. The van der Waals surface area contributed by atoms with Crippen molar-refractivity contribution in [3.8, 4) is 11.6 Å². The first-order valence-corrected chi connectivity index (χ1v) is 11.7. The Balaban J connectivity index is 1.55. The Morgan fingerprint density at radius 2 is 1.89 bits per heavy atom. The van der Waals surface area contributed by atoms with Crippen molar-refractivity contribution in [3.63, 3.8) is 0 Å². The number of para-hydroxylation sites is 1. The summed E-state index contributed by atoms with van der Waals surface area (Å²) in [5, 5.41) is 9.44. The third-order valence-electron chi connectivity index (χ3n) is 6.51. The quantitative estimate of drug-likeness (QED) is 0.343. The minimum atomic E-state index is -4.64. The lowest BCUT2D eigenvalue weighted by Crippen LogP contribution is -2.35. The molecule has 0 bridgehead atoms. The van der Waals surface area contributed by atoms with E-state index < -0.39 is 46.4 Å². The van der Waals surface area contributed by atoms with Crippen molar-refractivity contribution < 1.29 is 32.2 Å². The van der Waals surface area contributed by atoms with E-state index in [2.05, 4.69) is 4.98 Å². The number of carbonyl (C=O) groups is 1. The van der Waals surface area contributed by atoms with Crippen LogP contribution in [0.15, 0.2) is 71.8 Å². The van der Waals surface area contributed by atoms with Crippen molar-refractivity contribution in [2.75, 3.05) is 18.1 Å².